The zero-order valence-corrected chi connectivity index (χ0v) is 30.8. The van der Waals surface area contributed by atoms with Crippen LogP contribution >= 0.6 is 0 Å². The lowest BCUT2D eigenvalue weighted by atomic mass is 9.71. The second-order valence-electron chi connectivity index (χ2n) is 14.9. The van der Waals surface area contributed by atoms with Gasteiger partial charge in [0.2, 0.25) is 5.91 Å². The zero-order chi connectivity index (χ0) is 34.8. The third-order valence-corrected chi connectivity index (χ3v) is 11.3. The van der Waals surface area contributed by atoms with Gasteiger partial charge in [-0.15, -0.1) is 0 Å². The van der Waals surface area contributed by atoms with Gasteiger partial charge in [0.15, 0.2) is 11.5 Å². The number of morpholine rings is 1. The van der Waals surface area contributed by atoms with Crippen molar-refractivity contribution in [2.75, 3.05) is 60.2 Å². The highest BCUT2D eigenvalue weighted by atomic mass is 16.5. The first kappa shape index (κ1) is 37.4. The molecule has 8 nitrogen and oxygen atoms in total. The summed E-state index contributed by atoms with van der Waals surface area (Å²) in [5.74, 6) is 2.77. The highest BCUT2D eigenvalue weighted by Crippen LogP contribution is 2.46. The van der Waals surface area contributed by atoms with Gasteiger partial charge in [0.05, 0.1) is 39.5 Å². The Morgan fingerprint density at radius 1 is 0.939 bits per heavy atom. The SMILES string of the molecule is CCC(c1cccc(OCCN2CCOCC2)c1)C1C(c2ccc(OC)c(OC)c2)CCCN1C(=O)[C@@H](C1CCCCC1)[C@H](O)CC(C)C. The molecule has 49 heavy (non-hydrogen) atoms. The van der Waals surface area contributed by atoms with Crippen LogP contribution in [0.1, 0.15) is 102 Å². The molecule has 1 saturated carbocycles. The first-order valence-corrected chi connectivity index (χ1v) is 19.1. The van der Waals surface area contributed by atoms with E-state index in [1.807, 2.05) is 12.1 Å². The van der Waals surface area contributed by atoms with Crippen LogP contribution in [0.15, 0.2) is 42.5 Å². The van der Waals surface area contributed by atoms with Crippen LogP contribution < -0.4 is 14.2 Å². The number of ether oxygens (including phenoxy) is 4. The fraction of sp³-hybridized carbons (Fsp3) is 0.683. The molecule has 8 heteroatoms. The summed E-state index contributed by atoms with van der Waals surface area (Å²) >= 11 is 0. The average Bonchev–Trinajstić information content (AvgIpc) is 3.12. The fourth-order valence-electron chi connectivity index (χ4n) is 8.84. The van der Waals surface area contributed by atoms with Crippen LogP contribution in [-0.4, -0.2) is 93.2 Å². The number of hydrogen-bond donors (Lipinski definition) is 1. The maximum absolute atomic E-state index is 15.1. The summed E-state index contributed by atoms with van der Waals surface area (Å²) in [4.78, 5) is 19.7. The van der Waals surface area contributed by atoms with Crippen molar-refractivity contribution in [1.82, 2.24) is 9.80 Å². The number of aliphatic hydroxyl groups excluding tert-OH is 1. The molecule has 0 aromatic heterocycles. The number of nitrogens with zero attached hydrogens (tertiary/aromatic N) is 2. The van der Waals surface area contributed by atoms with Crippen LogP contribution in [0, 0.1) is 17.8 Å². The molecule has 272 valence electrons. The first-order valence-electron chi connectivity index (χ1n) is 19.1. The van der Waals surface area contributed by atoms with E-state index in [9.17, 15) is 5.11 Å². The maximum atomic E-state index is 15.1. The third kappa shape index (κ3) is 9.50. The molecule has 2 heterocycles. The third-order valence-electron chi connectivity index (χ3n) is 11.3. The molecule has 0 spiro atoms. The molecular weight excluding hydrogens is 616 g/mol. The summed E-state index contributed by atoms with van der Waals surface area (Å²) in [6.07, 6.45) is 8.29. The van der Waals surface area contributed by atoms with Crippen molar-refractivity contribution in [1.29, 1.82) is 0 Å². The fourth-order valence-corrected chi connectivity index (χ4v) is 8.84. The molecule has 3 unspecified atom stereocenters. The molecule has 2 aliphatic heterocycles. The minimum Gasteiger partial charge on any atom is -0.493 e. The van der Waals surface area contributed by atoms with E-state index in [2.05, 4.69) is 60.9 Å². The van der Waals surface area contributed by atoms with Gasteiger partial charge >= 0.3 is 0 Å². The molecule has 5 atom stereocenters. The molecule has 0 bridgehead atoms. The second kappa shape index (κ2) is 18.4. The number of piperidine rings is 1. The molecule has 5 rings (SSSR count). The molecule has 3 aliphatic rings. The van der Waals surface area contributed by atoms with E-state index in [0.29, 0.717) is 37.0 Å². The molecule has 2 aromatic carbocycles. The predicted octanol–water partition coefficient (Wildman–Crippen LogP) is 7.29. The van der Waals surface area contributed by atoms with E-state index in [1.54, 1.807) is 14.2 Å². The lowest BCUT2D eigenvalue weighted by molar-refractivity contribution is -0.148. The van der Waals surface area contributed by atoms with Crippen LogP contribution in [-0.2, 0) is 9.53 Å². The number of carbonyl (C=O) groups excluding carboxylic acids is 1. The Labute approximate surface area is 295 Å². The number of likely N-dealkylation sites (tertiary alicyclic amines) is 1. The van der Waals surface area contributed by atoms with Gasteiger partial charge in [0.25, 0.3) is 0 Å². The molecule has 0 radical (unpaired) electrons. The molecule has 1 N–H and O–H groups in total. The van der Waals surface area contributed by atoms with Gasteiger partial charge in [0.1, 0.15) is 12.4 Å². The van der Waals surface area contributed by atoms with Crippen molar-refractivity contribution in [2.45, 2.75) is 103 Å². The molecule has 2 saturated heterocycles. The number of benzene rings is 2. The van der Waals surface area contributed by atoms with Gasteiger partial charge in [-0.25, -0.2) is 0 Å². The smallest absolute Gasteiger partial charge is 0.228 e. The summed E-state index contributed by atoms with van der Waals surface area (Å²) in [6, 6.07) is 14.7. The quantitative estimate of drug-likeness (QED) is 0.212. The van der Waals surface area contributed by atoms with Crippen molar-refractivity contribution >= 4 is 5.91 Å². The van der Waals surface area contributed by atoms with Crippen molar-refractivity contribution < 1.29 is 28.8 Å². The van der Waals surface area contributed by atoms with E-state index in [1.165, 1.54) is 12.0 Å². The molecule has 2 aromatic rings. The van der Waals surface area contributed by atoms with Gasteiger partial charge in [-0.2, -0.15) is 0 Å². The molecule has 1 amide bonds. The van der Waals surface area contributed by atoms with E-state index in [4.69, 9.17) is 18.9 Å². The lowest BCUT2D eigenvalue weighted by Crippen LogP contribution is -2.55. The Kier molecular flexibility index (Phi) is 14.1. The largest absolute Gasteiger partial charge is 0.493 e. The second-order valence-corrected chi connectivity index (χ2v) is 14.9. The highest BCUT2D eigenvalue weighted by molar-refractivity contribution is 5.80. The Morgan fingerprint density at radius 3 is 2.39 bits per heavy atom. The number of aliphatic hydroxyl groups is 1. The predicted molar refractivity (Wildman–Crippen MR) is 195 cm³/mol. The number of amides is 1. The summed E-state index contributed by atoms with van der Waals surface area (Å²) in [5, 5.41) is 11.7. The topological polar surface area (TPSA) is 80.7 Å². The van der Waals surface area contributed by atoms with Crippen LogP contribution in [0.2, 0.25) is 0 Å². The Morgan fingerprint density at radius 2 is 1.69 bits per heavy atom. The van der Waals surface area contributed by atoms with Crippen LogP contribution in [0.4, 0.5) is 0 Å². The summed E-state index contributed by atoms with van der Waals surface area (Å²) in [5.41, 5.74) is 2.35. The van der Waals surface area contributed by atoms with Crippen molar-refractivity contribution in [2.24, 2.45) is 17.8 Å². The van der Waals surface area contributed by atoms with Gasteiger partial charge in [0, 0.05) is 44.1 Å². The standard InChI is InChI=1S/C41H62N2O6/c1-6-34(31-14-10-15-33(27-31)49-25-22-42-20-23-48-24-21-42)40-35(32-17-18-37(46-4)38(28-32)47-5)16-11-19-43(40)41(45)39(36(44)26-29(2)3)30-12-8-7-9-13-30/h10,14-15,17-18,27-30,34-36,39-40,44H,6-9,11-13,16,19-26H2,1-5H3/t34?,35?,36-,39+,40?/m1/s1. The van der Waals surface area contributed by atoms with Gasteiger partial charge < -0.3 is 29.0 Å². The Hall–Kier alpha value is -2.81. The summed E-state index contributed by atoms with van der Waals surface area (Å²) in [6.45, 7) is 12.2. The number of hydrogen-bond acceptors (Lipinski definition) is 7. The number of carbonyl (C=O) groups is 1. The summed E-state index contributed by atoms with van der Waals surface area (Å²) < 4.78 is 23.2. The van der Waals surface area contributed by atoms with Crippen LogP contribution in [0.25, 0.3) is 0 Å². The molecule has 3 fully saturated rings. The maximum Gasteiger partial charge on any atom is 0.228 e. The van der Waals surface area contributed by atoms with Crippen molar-refractivity contribution in [3.8, 4) is 17.2 Å². The van der Waals surface area contributed by atoms with Crippen molar-refractivity contribution in [3.05, 3.63) is 53.6 Å². The van der Waals surface area contributed by atoms with Gasteiger partial charge in [-0.1, -0.05) is 58.2 Å². The average molecular weight is 679 g/mol. The minimum absolute atomic E-state index is 0.0784. The van der Waals surface area contributed by atoms with Crippen LogP contribution in [0.3, 0.4) is 0 Å². The Bertz CT molecular complexity index is 1310. The zero-order valence-electron chi connectivity index (χ0n) is 30.8. The van der Waals surface area contributed by atoms with E-state index < -0.39 is 6.10 Å². The number of rotatable bonds is 15. The normalized spacial score (nSPS) is 22.8. The molecular formula is C41H62N2O6. The van der Waals surface area contributed by atoms with E-state index in [0.717, 1.165) is 89.1 Å². The monoisotopic (exact) mass is 678 g/mol. The first-order chi connectivity index (χ1) is 23.8. The van der Waals surface area contributed by atoms with Crippen molar-refractivity contribution in [3.63, 3.8) is 0 Å². The van der Waals surface area contributed by atoms with E-state index in [-0.39, 0.29) is 35.6 Å². The van der Waals surface area contributed by atoms with E-state index >= 15 is 4.79 Å². The molecule has 1 aliphatic carbocycles. The van der Waals surface area contributed by atoms with Gasteiger partial charge in [-0.3, -0.25) is 9.69 Å². The highest BCUT2D eigenvalue weighted by Gasteiger charge is 2.45. The number of methoxy groups -OCH3 is 2. The lowest BCUT2D eigenvalue weighted by Gasteiger charge is -2.48. The van der Waals surface area contributed by atoms with Gasteiger partial charge in [-0.05, 0) is 85.8 Å². The minimum atomic E-state index is -0.638. The van der Waals surface area contributed by atoms with Crippen LogP contribution in [0.5, 0.6) is 17.2 Å². The Balaban J connectivity index is 1.50. The summed E-state index contributed by atoms with van der Waals surface area (Å²) in [7, 11) is 3.35.